The molecule has 1 N–H and O–H groups in total. The van der Waals surface area contributed by atoms with Crippen LogP contribution in [0, 0.1) is 0 Å². The zero-order chi connectivity index (χ0) is 30.2. The van der Waals surface area contributed by atoms with Gasteiger partial charge in [-0.05, 0) is 41.3 Å². The first kappa shape index (κ1) is 34.3. The van der Waals surface area contributed by atoms with Gasteiger partial charge in [-0.1, -0.05) is 90.5 Å². The molecule has 0 fully saturated rings. The Kier molecular flexibility index (Phi) is 12.3. The second kappa shape index (κ2) is 15.5. The van der Waals surface area contributed by atoms with Gasteiger partial charge in [-0.15, -0.1) is 12.4 Å². The van der Waals surface area contributed by atoms with Gasteiger partial charge in [0.15, 0.2) is 0 Å². The second-order valence-electron chi connectivity index (χ2n) is 9.99. The highest BCUT2D eigenvalue weighted by Crippen LogP contribution is 2.37. The Labute approximate surface area is 262 Å². The maximum absolute atomic E-state index is 13.6. The lowest BCUT2D eigenvalue weighted by atomic mass is 9.90. The SMILES string of the molecule is CS(=O)(=O)Nc1cccc(OCCCN(Cc2cccc(C(F)(F)F)c2Cl)CC(c2ccccc2)c2ccccc2)c1.Cl. The van der Waals surface area contributed by atoms with Gasteiger partial charge in [0.2, 0.25) is 10.0 Å². The van der Waals surface area contributed by atoms with Crippen LogP contribution in [-0.2, 0) is 22.7 Å². The fourth-order valence-electron chi connectivity index (χ4n) is 4.77. The predicted molar refractivity (Wildman–Crippen MR) is 169 cm³/mol. The maximum Gasteiger partial charge on any atom is 0.417 e. The van der Waals surface area contributed by atoms with E-state index in [0.29, 0.717) is 43.1 Å². The molecule has 0 aliphatic heterocycles. The number of nitrogens with one attached hydrogen (secondary N) is 1. The lowest BCUT2D eigenvalue weighted by Gasteiger charge is -2.29. The Morgan fingerprint density at radius 3 is 2.07 bits per heavy atom. The van der Waals surface area contributed by atoms with Crippen LogP contribution >= 0.6 is 24.0 Å². The molecule has 0 radical (unpaired) electrons. The number of sulfonamides is 1. The van der Waals surface area contributed by atoms with Crippen molar-refractivity contribution >= 4 is 39.7 Å². The smallest absolute Gasteiger partial charge is 0.417 e. The van der Waals surface area contributed by atoms with E-state index in [9.17, 15) is 21.6 Å². The fourth-order valence-corrected chi connectivity index (χ4v) is 5.62. The third-order valence-corrected chi connectivity index (χ3v) is 7.70. The van der Waals surface area contributed by atoms with Crippen molar-refractivity contribution in [3.05, 3.63) is 130 Å². The number of benzene rings is 4. The van der Waals surface area contributed by atoms with Gasteiger partial charge in [-0.3, -0.25) is 9.62 Å². The molecule has 0 saturated heterocycles. The largest absolute Gasteiger partial charge is 0.493 e. The highest BCUT2D eigenvalue weighted by Gasteiger charge is 2.34. The lowest BCUT2D eigenvalue weighted by Crippen LogP contribution is -2.31. The minimum atomic E-state index is -4.55. The van der Waals surface area contributed by atoms with Crippen LogP contribution in [0.4, 0.5) is 18.9 Å². The molecule has 5 nitrogen and oxygen atoms in total. The van der Waals surface area contributed by atoms with Crippen LogP contribution in [-0.4, -0.2) is 39.3 Å². The van der Waals surface area contributed by atoms with Crippen LogP contribution in [0.2, 0.25) is 5.02 Å². The van der Waals surface area contributed by atoms with Gasteiger partial charge in [0.05, 0.1) is 29.1 Å². The van der Waals surface area contributed by atoms with E-state index in [4.69, 9.17) is 16.3 Å². The molecule has 0 atom stereocenters. The van der Waals surface area contributed by atoms with E-state index in [0.717, 1.165) is 23.4 Å². The number of ether oxygens (including phenoxy) is 1. The van der Waals surface area contributed by atoms with Crippen LogP contribution in [0.3, 0.4) is 0 Å². The second-order valence-corrected chi connectivity index (χ2v) is 12.1. The zero-order valence-corrected chi connectivity index (χ0v) is 25.8. The summed E-state index contributed by atoms with van der Waals surface area (Å²) < 4.78 is 72.2. The molecule has 43 heavy (non-hydrogen) atoms. The molecular formula is C32H33Cl2F3N2O3S. The van der Waals surface area contributed by atoms with Crippen molar-refractivity contribution in [3.63, 3.8) is 0 Å². The number of hydrogen-bond donors (Lipinski definition) is 1. The third kappa shape index (κ3) is 10.5. The number of halogens is 5. The van der Waals surface area contributed by atoms with Crippen LogP contribution in [0.5, 0.6) is 5.75 Å². The molecule has 230 valence electrons. The molecule has 11 heteroatoms. The Balaban J connectivity index is 0.00000506. The van der Waals surface area contributed by atoms with Crippen LogP contribution < -0.4 is 9.46 Å². The Hall–Kier alpha value is -3.24. The molecule has 4 rings (SSSR count). The highest BCUT2D eigenvalue weighted by atomic mass is 35.5. The van der Waals surface area contributed by atoms with Crippen molar-refractivity contribution in [3.8, 4) is 5.75 Å². The number of anilines is 1. The third-order valence-electron chi connectivity index (χ3n) is 6.65. The number of alkyl halides is 3. The van der Waals surface area contributed by atoms with Gasteiger partial charge >= 0.3 is 6.18 Å². The van der Waals surface area contributed by atoms with E-state index in [1.54, 1.807) is 30.3 Å². The average Bonchev–Trinajstić information content (AvgIpc) is 2.94. The summed E-state index contributed by atoms with van der Waals surface area (Å²) in [6, 6.07) is 30.6. The van der Waals surface area contributed by atoms with Gasteiger partial charge in [0.1, 0.15) is 5.75 Å². The standard InChI is InChI=1S/C32H32ClF3N2O3S.ClH/c1-42(39,40)37-27-16-9-17-28(21-27)41-20-10-19-38(22-26-15-8-18-30(31(26)33)32(34,35)36)23-29(24-11-4-2-5-12-24)25-13-6-3-7-14-25;/h2-9,11-18,21,29,37H,10,19-20,22-23H2,1H3;1H. The quantitative estimate of drug-likeness (QED) is 0.148. The molecule has 0 heterocycles. The van der Waals surface area contributed by atoms with E-state index >= 15 is 0 Å². The van der Waals surface area contributed by atoms with E-state index in [1.807, 2.05) is 60.7 Å². The molecule has 4 aromatic rings. The van der Waals surface area contributed by atoms with Crippen molar-refractivity contribution in [1.29, 1.82) is 0 Å². The molecular weight excluding hydrogens is 620 g/mol. The molecule has 0 amide bonds. The minimum absolute atomic E-state index is 0. The van der Waals surface area contributed by atoms with E-state index in [1.165, 1.54) is 6.07 Å². The molecule has 0 aromatic heterocycles. The molecule has 0 bridgehead atoms. The van der Waals surface area contributed by atoms with E-state index in [-0.39, 0.29) is 29.9 Å². The molecule has 0 aliphatic rings. The molecule has 4 aromatic carbocycles. The summed E-state index contributed by atoms with van der Waals surface area (Å²) in [4.78, 5) is 2.09. The summed E-state index contributed by atoms with van der Waals surface area (Å²) in [7, 11) is -3.43. The lowest BCUT2D eigenvalue weighted by molar-refractivity contribution is -0.137. The van der Waals surface area contributed by atoms with Crippen molar-refractivity contribution in [2.24, 2.45) is 0 Å². The normalized spacial score (nSPS) is 11.8. The van der Waals surface area contributed by atoms with Crippen LogP contribution in [0.25, 0.3) is 0 Å². The Morgan fingerprint density at radius 2 is 1.49 bits per heavy atom. The van der Waals surface area contributed by atoms with Crippen LogP contribution in [0.15, 0.2) is 103 Å². The van der Waals surface area contributed by atoms with Crippen molar-refractivity contribution in [1.82, 2.24) is 4.90 Å². The highest BCUT2D eigenvalue weighted by molar-refractivity contribution is 7.92. The first-order valence-electron chi connectivity index (χ1n) is 13.4. The first-order chi connectivity index (χ1) is 20.0. The van der Waals surface area contributed by atoms with Crippen LogP contribution in [0.1, 0.15) is 34.6 Å². The summed E-state index contributed by atoms with van der Waals surface area (Å²) in [5.41, 5.74) is 2.12. The number of rotatable bonds is 13. The Morgan fingerprint density at radius 1 is 0.884 bits per heavy atom. The monoisotopic (exact) mass is 652 g/mol. The maximum atomic E-state index is 13.6. The Bertz CT molecular complexity index is 1520. The first-order valence-corrected chi connectivity index (χ1v) is 15.6. The average molecular weight is 654 g/mol. The van der Waals surface area contributed by atoms with Gasteiger partial charge in [-0.2, -0.15) is 13.2 Å². The molecule has 0 saturated carbocycles. The minimum Gasteiger partial charge on any atom is -0.493 e. The van der Waals surface area contributed by atoms with Gasteiger partial charge in [0.25, 0.3) is 0 Å². The number of nitrogens with zero attached hydrogens (tertiary/aromatic N) is 1. The van der Waals surface area contributed by atoms with Gasteiger partial charge in [-0.25, -0.2) is 8.42 Å². The number of hydrogen-bond acceptors (Lipinski definition) is 4. The van der Waals surface area contributed by atoms with Gasteiger partial charge in [0, 0.05) is 31.6 Å². The topological polar surface area (TPSA) is 58.6 Å². The van der Waals surface area contributed by atoms with Crippen molar-refractivity contribution in [2.75, 3.05) is 30.7 Å². The summed E-state index contributed by atoms with van der Waals surface area (Å²) in [6.07, 6.45) is -2.91. The van der Waals surface area contributed by atoms with E-state index < -0.39 is 21.8 Å². The summed E-state index contributed by atoms with van der Waals surface area (Å²) in [5.74, 6) is 0.471. The van der Waals surface area contributed by atoms with Crippen molar-refractivity contribution < 1.29 is 26.3 Å². The molecule has 0 unspecified atom stereocenters. The summed E-state index contributed by atoms with van der Waals surface area (Å²) in [6.45, 7) is 1.58. The fraction of sp³-hybridized carbons (Fsp3) is 0.250. The summed E-state index contributed by atoms with van der Waals surface area (Å²) >= 11 is 6.29. The van der Waals surface area contributed by atoms with Gasteiger partial charge < -0.3 is 4.74 Å². The zero-order valence-electron chi connectivity index (χ0n) is 23.4. The van der Waals surface area contributed by atoms with E-state index in [2.05, 4.69) is 9.62 Å². The van der Waals surface area contributed by atoms with Crippen molar-refractivity contribution in [2.45, 2.75) is 25.1 Å². The molecule has 0 spiro atoms. The summed E-state index contributed by atoms with van der Waals surface area (Å²) in [5, 5.41) is -0.294. The predicted octanol–water partition coefficient (Wildman–Crippen LogP) is 8.26. The molecule has 0 aliphatic carbocycles.